The highest BCUT2D eigenvalue weighted by Gasteiger charge is 2.00. The number of hydrogen-bond donors (Lipinski definition) is 0. The molecule has 0 spiro atoms. The molecule has 1 heterocycles. The van der Waals surface area contributed by atoms with Gasteiger partial charge in [0, 0.05) is 12.6 Å². The molecule has 1 rings (SSSR count). The second-order valence-corrected chi connectivity index (χ2v) is 2.22. The fourth-order valence-corrected chi connectivity index (χ4v) is 0.728. The summed E-state index contributed by atoms with van der Waals surface area (Å²) in [5.41, 5.74) is 0.736. The smallest absolute Gasteiger partial charge is 0.142 e. The highest BCUT2D eigenvalue weighted by Crippen LogP contribution is 1.99. The first-order valence-electron chi connectivity index (χ1n) is 3.61. The Balaban J connectivity index is 2.58. The van der Waals surface area contributed by atoms with E-state index in [1.165, 1.54) is 0 Å². The fraction of sp³-hybridized carbons (Fsp3) is 0.222. The van der Waals surface area contributed by atoms with Gasteiger partial charge in [-0.1, -0.05) is 13.0 Å². The summed E-state index contributed by atoms with van der Waals surface area (Å²) in [6.07, 6.45) is 3.77. The first kappa shape index (κ1) is 7.92. The molecule has 0 aliphatic heterocycles. The van der Waals surface area contributed by atoms with Gasteiger partial charge in [0.15, 0.2) is 0 Å². The van der Waals surface area contributed by atoms with Crippen LogP contribution in [0.3, 0.4) is 0 Å². The molecule has 1 aromatic heterocycles. The van der Waals surface area contributed by atoms with Gasteiger partial charge in [-0.15, -0.1) is 0 Å². The van der Waals surface area contributed by atoms with Crippen molar-refractivity contribution in [3.63, 3.8) is 0 Å². The minimum absolute atomic E-state index is 0.115. The molecule has 0 unspecified atom stereocenters. The number of Topliss-reactive ketones (excluding diaryl/α,β-unsaturated/α-hetero) is 1. The van der Waals surface area contributed by atoms with Crippen molar-refractivity contribution in [3.8, 4) is 0 Å². The maximum absolute atomic E-state index is 10.9. The van der Waals surface area contributed by atoms with E-state index in [4.69, 9.17) is 0 Å². The van der Waals surface area contributed by atoms with E-state index < -0.39 is 0 Å². The minimum atomic E-state index is 0.115. The van der Waals surface area contributed by atoms with E-state index in [0.29, 0.717) is 6.42 Å². The van der Waals surface area contributed by atoms with Crippen LogP contribution in [0.2, 0.25) is 0 Å². The molecule has 0 aliphatic rings. The van der Waals surface area contributed by atoms with Gasteiger partial charge in [0.25, 0.3) is 0 Å². The number of nitrogens with zero attached hydrogens (tertiary/aromatic N) is 1. The first-order chi connectivity index (χ1) is 5.33. The zero-order valence-corrected chi connectivity index (χ0v) is 6.45. The van der Waals surface area contributed by atoms with Crippen molar-refractivity contribution < 1.29 is 4.79 Å². The number of rotatable bonds is 3. The van der Waals surface area contributed by atoms with Crippen LogP contribution in [0.5, 0.6) is 0 Å². The van der Waals surface area contributed by atoms with Crippen LogP contribution < -0.4 is 0 Å². The Morgan fingerprint density at radius 2 is 2.45 bits per heavy atom. The van der Waals surface area contributed by atoms with E-state index in [2.05, 4.69) is 4.98 Å². The van der Waals surface area contributed by atoms with Gasteiger partial charge in [-0.2, -0.15) is 0 Å². The summed E-state index contributed by atoms with van der Waals surface area (Å²) in [7, 11) is 0. The van der Waals surface area contributed by atoms with Crippen molar-refractivity contribution in [2.45, 2.75) is 13.3 Å². The molecule has 0 fully saturated rings. The second-order valence-electron chi connectivity index (χ2n) is 2.22. The van der Waals surface area contributed by atoms with E-state index in [1.807, 2.05) is 25.1 Å². The lowest BCUT2D eigenvalue weighted by molar-refractivity contribution is -0.115. The Bertz CT molecular complexity index is 231. The van der Waals surface area contributed by atoms with Crippen LogP contribution in [0, 0.1) is 6.42 Å². The predicted molar refractivity (Wildman–Crippen MR) is 42.9 cm³/mol. The summed E-state index contributed by atoms with van der Waals surface area (Å²) in [4.78, 5) is 14.9. The highest BCUT2D eigenvalue weighted by molar-refractivity contribution is 5.89. The largest absolute Gasteiger partial charge is 0.299 e. The Hall–Kier alpha value is -1.18. The third-order valence-corrected chi connectivity index (χ3v) is 1.35. The molecule has 0 aliphatic carbocycles. The molecule has 0 saturated heterocycles. The summed E-state index contributed by atoms with van der Waals surface area (Å²) in [6, 6.07) is 5.50. The molecule has 0 N–H and O–H groups in total. The van der Waals surface area contributed by atoms with Gasteiger partial charge in [0.05, 0.1) is 12.1 Å². The van der Waals surface area contributed by atoms with Gasteiger partial charge in [-0.25, -0.2) is 0 Å². The van der Waals surface area contributed by atoms with Gasteiger partial charge in [-0.05, 0) is 12.1 Å². The van der Waals surface area contributed by atoms with E-state index in [-0.39, 0.29) is 5.78 Å². The van der Waals surface area contributed by atoms with Crippen molar-refractivity contribution >= 4 is 5.78 Å². The molecule has 0 amide bonds. The predicted octanol–water partition coefficient (Wildman–Crippen LogP) is 1.61. The maximum atomic E-state index is 10.9. The van der Waals surface area contributed by atoms with Crippen molar-refractivity contribution in [2.75, 3.05) is 0 Å². The van der Waals surface area contributed by atoms with E-state index in [0.717, 1.165) is 5.69 Å². The van der Waals surface area contributed by atoms with E-state index in [1.54, 1.807) is 12.6 Å². The van der Waals surface area contributed by atoms with Crippen LogP contribution in [0.25, 0.3) is 0 Å². The van der Waals surface area contributed by atoms with Crippen LogP contribution in [-0.4, -0.2) is 10.8 Å². The van der Waals surface area contributed by atoms with Crippen LogP contribution in [0.15, 0.2) is 24.4 Å². The summed E-state index contributed by atoms with van der Waals surface area (Å²) in [5.74, 6) is 0.115. The molecule has 1 aromatic rings. The molecule has 11 heavy (non-hydrogen) atoms. The molecule has 0 atom stereocenters. The van der Waals surface area contributed by atoms with Gasteiger partial charge in [0.1, 0.15) is 5.78 Å². The van der Waals surface area contributed by atoms with Crippen molar-refractivity contribution in [1.82, 2.24) is 4.98 Å². The molecular weight excluding hydrogens is 138 g/mol. The van der Waals surface area contributed by atoms with Crippen molar-refractivity contribution in [3.05, 3.63) is 36.5 Å². The second kappa shape index (κ2) is 3.86. The molecule has 1 radical (unpaired) electrons. The molecule has 0 aromatic carbocycles. The molecule has 2 nitrogen and oxygen atoms in total. The van der Waals surface area contributed by atoms with Gasteiger partial charge in [-0.3, -0.25) is 9.78 Å². The summed E-state index contributed by atoms with van der Waals surface area (Å²) in [6.45, 7) is 1.84. The van der Waals surface area contributed by atoms with Gasteiger partial charge >= 0.3 is 0 Å². The number of pyridine rings is 1. The van der Waals surface area contributed by atoms with Crippen LogP contribution in [-0.2, 0) is 4.79 Å². The quantitative estimate of drug-likeness (QED) is 0.651. The number of carbonyl (C=O) groups excluding carboxylic acids is 1. The Morgan fingerprint density at radius 3 is 3.00 bits per heavy atom. The zero-order valence-electron chi connectivity index (χ0n) is 6.45. The minimum Gasteiger partial charge on any atom is -0.299 e. The Kier molecular flexibility index (Phi) is 2.78. The lowest BCUT2D eigenvalue weighted by Gasteiger charge is -1.94. The number of aromatic nitrogens is 1. The van der Waals surface area contributed by atoms with E-state index >= 15 is 0 Å². The Labute approximate surface area is 66.3 Å². The van der Waals surface area contributed by atoms with Crippen LogP contribution in [0.4, 0.5) is 0 Å². The lowest BCUT2D eigenvalue weighted by atomic mass is 10.2. The van der Waals surface area contributed by atoms with Crippen LogP contribution >= 0.6 is 0 Å². The zero-order chi connectivity index (χ0) is 8.10. The average molecular weight is 148 g/mol. The molecule has 0 bridgehead atoms. The topological polar surface area (TPSA) is 30.0 Å². The Morgan fingerprint density at radius 1 is 1.64 bits per heavy atom. The molecule has 57 valence electrons. The summed E-state index contributed by atoms with van der Waals surface area (Å²) >= 11 is 0. The summed E-state index contributed by atoms with van der Waals surface area (Å²) in [5, 5.41) is 0. The number of ketones is 1. The third-order valence-electron chi connectivity index (χ3n) is 1.35. The third kappa shape index (κ3) is 2.50. The lowest BCUT2D eigenvalue weighted by Crippen LogP contribution is -1.98. The number of hydrogen-bond acceptors (Lipinski definition) is 2. The highest BCUT2D eigenvalue weighted by atomic mass is 16.1. The fourth-order valence-electron chi connectivity index (χ4n) is 0.728. The summed E-state index contributed by atoms with van der Waals surface area (Å²) < 4.78 is 0. The monoisotopic (exact) mass is 148 g/mol. The molecular formula is C9H10NO. The number of carbonyl (C=O) groups is 1. The SMILES string of the molecule is CCC(=O)[CH]c1ccccn1. The molecule has 0 saturated carbocycles. The van der Waals surface area contributed by atoms with Gasteiger partial charge in [0.2, 0.25) is 0 Å². The van der Waals surface area contributed by atoms with Gasteiger partial charge < -0.3 is 0 Å². The van der Waals surface area contributed by atoms with Crippen molar-refractivity contribution in [1.29, 1.82) is 0 Å². The van der Waals surface area contributed by atoms with E-state index in [9.17, 15) is 4.79 Å². The van der Waals surface area contributed by atoms with Crippen LogP contribution in [0.1, 0.15) is 19.0 Å². The van der Waals surface area contributed by atoms with Crippen molar-refractivity contribution in [2.24, 2.45) is 0 Å². The average Bonchev–Trinajstić information content (AvgIpc) is 2.06. The maximum Gasteiger partial charge on any atom is 0.142 e. The molecule has 2 heteroatoms. The standard InChI is InChI=1S/C9H10NO/c1-2-9(11)7-8-5-3-4-6-10-8/h3-7H,2H2,1H3. The normalized spacial score (nSPS) is 9.55. The first-order valence-corrected chi connectivity index (χ1v) is 3.61.